The summed E-state index contributed by atoms with van der Waals surface area (Å²) in [4.78, 5) is 25.1. The first-order chi connectivity index (χ1) is 9.58. The molecule has 1 aromatic rings. The number of nitrogens with zero attached hydrogens (tertiary/aromatic N) is 4. The van der Waals surface area contributed by atoms with Gasteiger partial charge in [0.25, 0.3) is 0 Å². The van der Waals surface area contributed by atoms with Crippen LogP contribution in [0.5, 0.6) is 0 Å². The SMILES string of the molecule is CC(C)n1cnnc1SCC(=O)N1CCNC(=O)CC1. The first kappa shape index (κ1) is 14.8. The second-order valence-electron chi connectivity index (χ2n) is 4.88. The molecule has 1 aromatic heterocycles. The van der Waals surface area contributed by atoms with E-state index in [4.69, 9.17) is 0 Å². The number of nitrogens with one attached hydrogen (secondary N) is 1. The minimum Gasteiger partial charge on any atom is -0.354 e. The lowest BCUT2D eigenvalue weighted by molar-refractivity contribution is -0.128. The van der Waals surface area contributed by atoms with E-state index in [1.807, 2.05) is 18.4 Å². The van der Waals surface area contributed by atoms with Crippen LogP contribution in [0.25, 0.3) is 0 Å². The van der Waals surface area contributed by atoms with Gasteiger partial charge in [0.2, 0.25) is 11.8 Å². The van der Waals surface area contributed by atoms with Crippen LogP contribution in [0.3, 0.4) is 0 Å². The lowest BCUT2D eigenvalue weighted by atomic mass is 10.4. The fourth-order valence-corrected chi connectivity index (χ4v) is 2.87. The summed E-state index contributed by atoms with van der Waals surface area (Å²) in [7, 11) is 0. The molecule has 2 amide bonds. The van der Waals surface area contributed by atoms with E-state index in [1.165, 1.54) is 11.8 Å². The predicted octanol–water partition coefficient (Wildman–Crippen LogP) is 0.300. The van der Waals surface area contributed by atoms with Crippen LogP contribution < -0.4 is 5.32 Å². The summed E-state index contributed by atoms with van der Waals surface area (Å²) < 4.78 is 1.94. The van der Waals surface area contributed by atoms with Gasteiger partial charge in [0.15, 0.2) is 5.16 Å². The molecule has 1 N–H and O–H groups in total. The van der Waals surface area contributed by atoms with Crippen LogP contribution in [0.2, 0.25) is 0 Å². The average Bonchev–Trinajstić information content (AvgIpc) is 2.78. The molecule has 0 saturated carbocycles. The molecule has 0 unspecified atom stereocenters. The van der Waals surface area contributed by atoms with Crippen LogP contribution in [0.15, 0.2) is 11.5 Å². The molecule has 110 valence electrons. The second-order valence-corrected chi connectivity index (χ2v) is 5.83. The van der Waals surface area contributed by atoms with Crippen molar-refractivity contribution in [2.75, 3.05) is 25.4 Å². The molecule has 0 atom stereocenters. The highest BCUT2D eigenvalue weighted by Crippen LogP contribution is 2.19. The maximum Gasteiger partial charge on any atom is 0.233 e. The molecule has 2 rings (SSSR count). The van der Waals surface area contributed by atoms with Crippen molar-refractivity contribution in [2.24, 2.45) is 0 Å². The van der Waals surface area contributed by atoms with Crippen LogP contribution in [0, 0.1) is 0 Å². The minimum absolute atomic E-state index is 0.00695. The van der Waals surface area contributed by atoms with Gasteiger partial charge in [-0.15, -0.1) is 10.2 Å². The molecule has 1 aliphatic rings. The Kier molecular flexibility index (Phi) is 4.99. The van der Waals surface area contributed by atoms with Gasteiger partial charge >= 0.3 is 0 Å². The number of carbonyl (C=O) groups is 2. The highest BCUT2D eigenvalue weighted by Gasteiger charge is 2.19. The maximum atomic E-state index is 12.1. The van der Waals surface area contributed by atoms with Crippen LogP contribution in [0.4, 0.5) is 0 Å². The Morgan fingerprint density at radius 3 is 3.05 bits per heavy atom. The third-order valence-corrected chi connectivity index (χ3v) is 4.03. The Labute approximate surface area is 122 Å². The van der Waals surface area contributed by atoms with Gasteiger partial charge in [-0.1, -0.05) is 11.8 Å². The molecule has 20 heavy (non-hydrogen) atoms. The molecule has 1 fully saturated rings. The Hall–Kier alpha value is -1.57. The number of rotatable bonds is 4. The highest BCUT2D eigenvalue weighted by molar-refractivity contribution is 7.99. The van der Waals surface area contributed by atoms with E-state index >= 15 is 0 Å². The number of thioether (sulfide) groups is 1. The summed E-state index contributed by atoms with van der Waals surface area (Å²) in [6.45, 7) is 5.67. The minimum atomic E-state index is 0.00695. The molecule has 1 aliphatic heterocycles. The van der Waals surface area contributed by atoms with Crippen molar-refractivity contribution in [3.05, 3.63) is 6.33 Å². The lowest BCUT2D eigenvalue weighted by Crippen LogP contribution is -2.35. The van der Waals surface area contributed by atoms with Crippen molar-refractivity contribution < 1.29 is 9.59 Å². The molecule has 0 radical (unpaired) electrons. The third kappa shape index (κ3) is 3.72. The van der Waals surface area contributed by atoms with E-state index in [2.05, 4.69) is 15.5 Å². The standard InChI is InChI=1S/C12H19N5O2S/c1-9(2)17-8-14-15-12(17)20-7-11(19)16-5-3-10(18)13-4-6-16/h8-9H,3-7H2,1-2H3,(H,13,18). The summed E-state index contributed by atoms with van der Waals surface area (Å²) in [5, 5.41) is 11.4. The highest BCUT2D eigenvalue weighted by atomic mass is 32.2. The fraction of sp³-hybridized carbons (Fsp3) is 0.667. The van der Waals surface area contributed by atoms with Gasteiger partial charge in [-0.25, -0.2) is 0 Å². The van der Waals surface area contributed by atoms with Gasteiger partial charge < -0.3 is 14.8 Å². The van der Waals surface area contributed by atoms with Crippen molar-refractivity contribution in [3.63, 3.8) is 0 Å². The van der Waals surface area contributed by atoms with E-state index in [0.717, 1.165) is 5.16 Å². The van der Waals surface area contributed by atoms with E-state index in [-0.39, 0.29) is 17.9 Å². The first-order valence-electron chi connectivity index (χ1n) is 6.64. The van der Waals surface area contributed by atoms with E-state index < -0.39 is 0 Å². The lowest BCUT2D eigenvalue weighted by Gasteiger charge is -2.19. The molecule has 0 spiro atoms. The fourth-order valence-electron chi connectivity index (χ4n) is 1.92. The van der Waals surface area contributed by atoms with Gasteiger partial charge in [-0.05, 0) is 13.8 Å². The summed E-state index contributed by atoms with van der Waals surface area (Å²) in [5.74, 6) is 0.358. The smallest absolute Gasteiger partial charge is 0.233 e. The number of carbonyl (C=O) groups excluding carboxylic acids is 2. The van der Waals surface area contributed by atoms with Crippen molar-refractivity contribution >= 4 is 23.6 Å². The van der Waals surface area contributed by atoms with Gasteiger partial charge in [-0.2, -0.15) is 0 Å². The number of amides is 2. The van der Waals surface area contributed by atoms with Gasteiger partial charge in [0, 0.05) is 32.1 Å². The normalized spacial score (nSPS) is 16.1. The van der Waals surface area contributed by atoms with Crippen molar-refractivity contribution in [1.82, 2.24) is 25.0 Å². The van der Waals surface area contributed by atoms with Gasteiger partial charge in [0.1, 0.15) is 6.33 Å². The van der Waals surface area contributed by atoms with Crippen molar-refractivity contribution in [2.45, 2.75) is 31.5 Å². The summed E-state index contributed by atoms with van der Waals surface area (Å²) >= 11 is 1.38. The Bertz CT molecular complexity index is 488. The molecular weight excluding hydrogens is 278 g/mol. The Balaban J connectivity index is 1.88. The topological polar surface area (TPSA) is 80.1 Å². The number of aromatic nitrogens is 3. The zero-order valence-electron chi connectivity index (χ0n) is 11.7. The molecular formula is C12H19N5O2S. The van der Waals surface area contributed by atoms with E-state index in [1.54, 1.807) is 11.2 Å². The molecule has 1 saturated heterocycles. The largest absolute Gasteiger partial charge is 0.354 e. The molecule has 0 bridgehead atoms. The molecule has 0 aliphatic carbocycles. The summed E-state index contributed by atoms with van der Waals surface area (Å²) in [5.41, 5.74) is 0. The van der Waals surface area contributed by atoms with Crippen LogP contribution in [-0.4, -0.2) is 56.9 Å². The van der Waals surface area contributed by atoms with E-state index in [9.17, 15) is 9.59 Å². The summed E-state index contributed by atoms with van der Waals surface area (Å²) in [6, 6.07) is 0.266. The second kappa shape index (κ2) is 6.74. The average molecular weight is 297 g/mol. The Morgan fingerprint density at radius 1 is 1.50 bits per heavy atom. The molecule has 7 nitrogen and oxygen atoms in total. The van der Waals surface area contributed by atoms with Crippen molar-refractivity contribution in [1.29, 1.82) is 0 Å². The number of hydrogen-bond acceptors (Lipinski definition) is 5. The predicted molar refractivity (Wildman–Crippen MR) is 75.3 cm³/mol. The van der Waals surface area contributed by atoms with Gasteiger partial charge in [-0.3, -0.25) is 9.59 Å². The first-order valence-corrected chi connectivity index (χ1v) is 7.63. The monoisotopic (exact) mass is 297 g/mol. The zero-order chi connectivity index (χ0) is 14.5. The third-order valence-electron chi connectivity index (χ3n) is 3.09. The quantitative estimate of drug-likeness (QED) is 0.809. The Morgan fingerprint density at radius 2 is 2.30 bits per heavy atom. The van der Waals surface area contributed by atoms with Gasteiger partial charge in [0.05, 0.1) is 5.75 Å². The van der Waals surface area contributed by atoms with Crippen LogP contribution >= 0.6 is 11.8 Å². The maximum absolute atomic E-state index is 12.1. The van der Waals surface area contributed by atoms with Crippen LogP contribution in [0.1, 0.15) is 26.3 Å². The number of hydrogen-bond donors (Lipinski definition) is 1. The molecule has 0 aromatic carbocycles. The van der Waals surface area contributed by atoms with Crippen molar-refractivity contribution in [3.8, 4) is 0 Å². The summed E-state index contributed by atoms with van der Waals surface area (Å²) in [6.07, 6.45) is 2.05. The molecule has 8 heteroatoms. The zero-order valence-corrected chi connectivity index (χ0v) is 12.5. The van der Waals surface area contributed by atoms with E-state index in [0.29, 0.717) is 31.8 Å². The molecule has 2 heterocycles. The van der Waals surface area contributed by atoms with Crippen LogP contribution in [-0.2, 0) is 9.59 Å².